The van der Waals surface area contributed by atoms with Gasteiger partial charge in [-0.1, -0.05) is 70.7 Å². The molecule has 0 bridgehead atoms. The zero-order valence-corrected chi connectivity index (χ0v) is 15.9. The van der Waals surface area contributed by atoms with Crippen LogP contribution in [0.15, 0.2) is 24.3 Å². The summed E-state index contributed by atoms with van der Waals surface area (Å²) in [7, 11) is 0. The van der Waals surface area contributed by atoms with Gasteiger partial charge in [0, 0.05) is 5.56 Å². The van der Waals surface area contributed by atoms with Crippen LogP contribution in [0.2, 0.25) is 0 Å². The van der Waals surface area contributed by atoms with Crippen LogP contribution in [0.4, 0.5) is 4.79 Å². The van der Waals surface area contributed by atoms with Gasteiger partial charge in [-0.15, -0.1) is 0 Å². The zero-order chi connectivity index (χ0) is 18.9. The lowest BCUT2D eigenvalue weighted by Gasteiger charge is -2.24. The summed E-state index contributed by atoms with van der Waals surface area (Å²) in [5.74, 6) is -0.441. The molecule has 5 heteroatoms. The first-order chi connectivity index (χ1) is 12.2. The maximum absolute atomic E-state index is 12.9. The summed E-state index contributed by atoms with van der Waals surface area (Å²) in [5.41, 5.74) is 0.893. The maximum atomic E-state index is 12.9. The van der Waals surface area contributed by atoms with Gasteiger partial charge in [0.05, 0.1) is 6.54 Å². The minimum absolute atomic E-state index is 0.0122. The quantitative estimate of drug-likeness (QED) is 0.661. The first-order valence-electron chi connectivity index (χ1n) is 9.51. The molecule has 1 saturated carbocycles. The Balaban J connectivity index is 1.73. The van der Waals surface area contributed by atoms with Crippen molar-refractivity contribution >= 4 is 17.7 Å². The Morgan fingerprint density at radius 2 is 1.62 bits per heavy atom. The minimum atomic E-state index is -0.788. The number of nitrogens with zero attached hydrogens (tertiary/aromatic N) is 1. The fourth-order valence-corrected chi connectivity index (χ4v) is 3.88. The van der Waals surface area contributed by atoms with E-state index in [1.807, 2.05) is 12.1 Å². The highest BCUT2D eigenvalue weighted by molar-refractivity contribution is 6.11. The third-order valence-corrected chi connectivity index (χ3v) is 5.58. The van der Waals surface area contributed by atoms with E-state index in [0.29, 0.717) is 18.4 Å². The van der Waals surface area contributed by atoms with Gasteiger partial charge in [0.25, 0.3) is 5.91 Å². The Bertz CT molecular complexity index is 708. The summed E-state index contributed by atoms with van der Waals surface area (Å²) in [6.45, 7) is 6.15. The molecule has 140 valence electrons. The Labute approximate surface area is 155 Å². The molecule has 3 amide bonds. The molecule has 1 aliphatic heterocycles. The highest BCUT2D eigenvalue weighted by Gasteiger charge is 2.51. The molecule has 1 spiro atoms. The molecule has 1 N–H and O–H groups in total. The Morgan fingerprint density at radius 3 is 2.15 bits per heavy atom. The standard InChI is InChI=1S/C21H28N2O3/c1-20(2,3)16-10-8-15(9-11-16)17(24)14-23-18(25)21(22-19(23)26)12-6-4-5-7-13-21/h8-11H,4-7,12-14H2,1-3H3,(H,22,26). The fourth-order valence-electron chi connectivity index (χ4n) is 3.88. The third-order valence-electron chi connectivity index (χ3n) is 5.58. The van der Waals surface area contributed by atoms with E-state index < -0.39 is 11.6 Å². The summed E-state index contributed by atoms with van der Waals surface area (Å²) in [6.07, 6.45) is 5.38. The summed E-state index contributed by atoms with van der Waals surface area (Å²) in [6, 6.07) is 7.00. The summed E-state index contributed by atoms with van der Waals surface area (Å²) >= 11 is 0. The molecule has 1 aromatic carbocycles. The number of hydrogen-bond acceptors (Lipinski definition) is 3. The molecular formula is C21H28N2O3. The molecule has 2 aliphatic rings. The van der Waals surface area contributed by atoms with Gasteiger partial charge in [-0.3, -0.25) is 14.5 Å². The van der Waals surface area contributed by atoms with E-state index >= 15 is 0 Å². The smallest absolute Gasteiger partial charge is 0.323 e. The van der Waals surface area contributed by atoms with E-state index in [0.717, 1.165) is 36.1 Å². The number of benzene rings is 1. The van der Waals surface area contributed by atoms with E-state index in [1.165, 1.54) is 0 Å². The van der Waals surface area contributed by atoms with Crippen molar-refractivity contribution in [3.05, 3.63) is 35.4 Å². The van der Waals surface area contributed by atoms with Crippen molar-refractivity contribution in [2.45, 2.75) is 70.3 Å². The largest absolute Gasteiger partial charge is 0.325 e. The summed E-state index contributed by atoms with van der Waals surface area (Å²) in [5, 5.41) is 2.88. The van der Waals surface area contributed by atoms with Gasteiger partial charge in [-0.2, -0.15) is 0 Å². The van der Waals surface area contributed by atoms with Crippen LogP contribution in [0, 0.1) is 0 Å². The number of carbonyl (C=O) groups is 3. The lowest BCUT2D eigenvalue weighted by atomic mass is 9.86. The van der Waals surface area contributed by atoms with E-state index in [4.69, 9.17) is 0 Å². The average Bonchev–Trinajstić information content (AvgIpc) is 2.75. The second-order valence-electron chi connectivity index (χ2n) is 8.57. The van der Waals surface area contributed by atoms with Gasteiger partial charge in [0.15, 0.2) is 5.78 Å². The van der Waals surface area contributed by atoms with Crippen molar-refractivity contribution in [2.75, 3.05) is 6.54 Å². The van der Waals surface area contributed by atoms with E-state index in [1.54, 1.807) is 12.1 Å². The van der Waals surface area contributed by atoms with Crippen molar-refractivity contribution in [2.24, 2.45) is 0 Å². The van der Waals surface area contributed by atoms with Crippen LogP contribution in [0.5, 0.6) is 0 Å². The van der Waals surface area contributed by atoms with Crippen LogP contribution in [0.1, 0.15) is 75.2 Å². The van der Waals surface area contributed by atoms with Gasteiger partial charge >= 0.3 is 6.03 Å². The third kappa shape index (κ3) is 3.53. The molecule has 0 atom stereocenters. The van der Waals surface area contributed by atoms with Gasteiger partial charge < -0.3 is 5.32 Å². The van der Waals surface area contributed by atoms with Crippen LogP contribution in [0.25, 0.3) is 0 Å². The molecule has 26 heavy (non-hydrogen) atoms. The number of imide groups is 1. The number of nitrogens with one attached hydrogen (secondary N) is 1. The van der Waals surface area contributed by atoms with Crippen LogP contribution in [0.3, 0.4) is 0 Å². The van der Waals surface area contributed by atoms with Crippen LogP contribution in [-0.4, -0.2) is 34.7 Å². The summed E-state index contributed by atoms with van der Waals surface area (Å²) in [4.78, 5) is 39.0. The van der Waals surface area contributed by atoms with Gasteiger partial charge in [-0.05, 0) is 23.8 Å². The SMILES string of the molecule is CC(C)(C)c1ccc(C(=O)CN2C(=O)NC3(CCCCCC3)C2=O)cc1. The van der Waals surface area contributed by atoms with Gasteiger partial charge in [-0.25, -0.2) is 4.79 Å². The minimum Gasteiger partial charge on any atom is -0.323 e. The topological polar surface area (TPSA) is 66.5 Å². The second-order valence-corrected chi connectivity index (χ2v) is 8.57. The van der Waals surface area contributed by atoms with Gasteiger partial charge in [0.2, 0.25) is 0 Å². The Morgan fingerprint density at radius 1 is 1.04 bits per heavy atom. The lowest BCUT2D eigenvalue weighted by Crippen LogP contribution is -2.46. The van der Waals surface area contributed by atoms with E-state index in [2.05, 4.69) is 26.1 Å². The first kappa shape index (κ1) is 18.6. The lowest BCUT2D eigenvalue weighted by molar-refractivity contribution is -0.131. The predicted molar refractivity (Wildman–Crippen MR) is 100 cm³/mol. The summed E-state index contributed by atoms with van der Waals surface area (Å²) < 4.78 is 0. The van der Waals surface area contributed by atoms with Crippen LogP contribution in [-0.2, 0) is 10.2 Å². The highest BCUT2D eigenvalue weighted by Crippen LogP contribution is 2.32. The fraction of sp³-hybridized carbons (Fsp3) is 0.571. The molecule has 0 unspecified atom stereocenters. The van der Waals surface area contributed by atoms with Crippen molar-refractivity contribution in [1.82, 2.24) is 10.2 Å². The van der Waals surface area contributed by atoms with E-state index in [-0.39, 0.29) is 23.7 Å². The number of carbonyl (C=O) groups excluding carboxylic acids is 3. The molecule has 2 fully saturated rings. The molecule has 5 nitrogen and oxygen atoms in total. The number of Topliss-reactive ketones (excluding diaryl/α,β-unsaturated/α-hetero) is 1. The Hall–Kier alpha value is -2.17. The molecule has 1 heterocycles. The van der Waals surface area contributed by atoms with Crippen molar-refractivity contribution in [1.29, 1.82) is 0 Å². The van der Waals surface area contributed by atoms with Crippen molar-refractivity contribution < 1.29 is 14.4 Å². The average molecular weight is 356 g/mol. The van der Waals surface area contributed by atoms with Crippen LogP contribution >= 0.6 is 0 Å². The van der Waals surface area contributed by atoms with E-state index in [9.17, 15) is 14.4 Å². The van der Waals surface area contributed by atoms with Crippen LogP contribution < -0.4 is 5.32 Å². The number of amides is 3. The normalized spacial score (nSPS) is 20.2. The monoisotopic (exact) mass is 356 g/mol. The Kier molecular flexibility index (Phi) is 4.91. The van der Waals surface area contributed by atoms with Crippen molar-refractivity contribution in [3.63, 3.8) is 0 Å². The predicted octanol–water partition coefficient (Wildman–Crippen LogP) is 3.81. The molecular weight excluding hydrogens is 328 g/mol. The molecule has 1 aliphatic carbocycles. The van der Waals surface area contributed by atoms with Gasteiger partial charge in [0.1, 0.15) is 5.54 Å². The molecule has 1 aromatic rings. The zero-order valence-electron chi connectivity index (χ0n) is 15.9. The number of rotatable bonds is 3. The first-order valence-corrected chi connectivity index (χ1v) is 9.51. The highest BCUT2D eigenvalue weighted by atomic mass is 16.2. The number of hydrogen-bond donors (Lipinski definition) is 1. The number of urea groups is 1. The number of ketones is 1. The molecule has 0 aromatic heterocycles. The maximum Gasteiger partial charge on any atom is 0.325 e. The second kappa shape index (κ2) is 6.86. The molecule has 1 saturated heterocycles. The molecule has 3 rings (SSSR count). The van der Waals surface area contributed by atoms with Crippen molar-refractivity contribution in [3.8, 4) is 0 Å². The molecule has 0 radical (unpaired) electrons.